The quantitative estimate of drug-likeness (QED) is 0.835. The molecule has 0 spiro atoms. The minimum atomic E-state index is -0.247. The molecule has 0 radical (unpaired) electrons. The second-order valence-electron chi connectivity index (χ2n) is 7.92. The Bertz CT molecular complexity index is 908. The lowest BCUT2D eigenvalue weighted by molar-refractivity contribution is -0.139. The normalized spacial score (nSPS) is 19.1. The third kappa shape index (κ3) is 4.37. The Kier molecular flexibility index (Phi) is 5.83. The van der Waals surface area contributed by atoms with Crippen molar-refractivity contribution in [3.63, 3.8) is 0 Å². The van der Waals surface area contributed by atoms with Gasteiger partial charge in [-0.25, -0.2) is 4.98 Å². The van der Waals surface area contributed by atoms with Crippen LogP contribution in [0.1, 0.15) is 25.3 Å². The molecule has 2 amide bonds. The third-order valence-electron chi connectivity index (χ3n) is 5.80. The molecule has 2 aromatic rings. The molecular formula is C22H28N6O2. The lowest BCUT2D eigenvalue weighted by atomic mass is 10.1. The topological polar surface area (TPSA) is 81.7 Å². The number of nitrogens with zero attached hydrogens (tertiary/aromatic N) is 5. The van der Waals surface area contributed by atoms with E-state index in [1.54, 1.807) is 18.0 Å². The number of aromatic nitrogens is 2. The average Bonchev–Trinajstić information content (AvgIpc) is 3.25. The second kappa shape index (κ2) is 8.69. The first kappa shape index (κ1) is 20.1. The summed E-state index contributed by atoms with van der Waals surface area (Å²) < 4.78 is 0. The molecule has 2 saturated heterocycles. The first-order valence-electron chi connectivity index (χ1n) is 10.5. The average molecular weight is 409 g/mol. The Morgan fingerprint density at radius 2 is 1.70 bits per heavy atom. The molecule has 8 heteroatoms. The molecule has 0 saturated carbocycles. The molecule has 2 fully saturated rings. The zero-order valence-corrected chi connectivity index (χ0v) is 17.5. The van der Waals surface area contributed by atoms with Gasteiger partial charge in [-0.3, -0.25) is 9.59 Å². The standard InChI is InChI=1S/C22H28N6O2/c1-16-5-7-18(8-6-16)24-20-9-10-23-22(25-20)28-11-3-4-19(28)21(30)27-14-12-26(13-15-27)17(2)29/h5-10,19H,3-4,11-15H2,1-2H3,(H,23,24,25). The number of hydrogen-bond donors (Lipinski definition) is 1. The van der Waals surface area contributed by atoms with Crippen LogP contribution in [0.4, 0.5) is 17.5 Å². The highest BCUT2D eigenvalue weighted by atomic mass is 16.2. The van der Waals surface area contributed by atoms with Crippen molar-refractivity contribution in [2.45, 2.75) is 32.7 Å². The van der Waals surface area contributed by atoms with Crippen molar-refractivity contribution in [1.29, 1.82) is 0 Å². The van der Waals surface area contributed by atoms with Crippen molar-refractivity contribution in [3.05, 3.63) is 42.1 Å². The van der Waals surface area contributed by atoms with Gasteiger partial charge in [-0.15, -0.1) is 0 Å². The Balaban J connectivity index is 1.45. The highest BCUT2D eigenvalue weighted by molar-refractivity contribution is 5.86. The Labute approximate surface area is 176 Å². The molecule has 3 heterocycles. The van der Waals surface area contributed by atoms with Gasteiger partial charge in [0.05, 0.1) is 0 Å². The minimum Gasteiger partial charge on any atom is -0.340 e. The molecule has 2 aliphatic heterocycles. The molecule has 158 valence electrons. The van der Waals surface area contributed by atoms with Crippen molar-refractivity contribution in [2.24, 2.45) is 0 Å². The smallest absolute Gasteiger partial charge is 0.245 e. The first-order valence-corrected chi connectivity index (χ1v) is 10.5. The van der Waals surface area contributed by atoms with Gasteiger partial charge in [-0.1, -0.05) is 17.7 Å². The molecule has 2 aliphatic rings. The lowest BCUT2D eigenvalue weighted by Crippen LogP contribution is -2.54. The summed E-state index contributed by atoms with van der Waals surface area (Å²) in [7, 11) is 0. The van der Waals surface area contributed by atoms with Crippen molar-refractivity contribution in [1.82, 2.24) is 19.8 Å². The summed E-state index contributed by atoms with van der Waals surface area (Å²) in [6, 6.07) is 9.71. The van der Waals surface area contributed by atoms with Crippen LogP contribution in [0.15, 0.2) is 36.5 Å². The van der Waals surface area contributed by atoms with E-state index in [0.29, 0.717) is 37.9 Å². The van der Waals surface area contributed by atoms with Crippen LogP contribution in [-0.4, -0.2) is 70.3 Å². The predicted molar refractivity (Wildman–Crippen MR) is 116 cm³/mol. The monoisotopic (exact) mass is 408 g/mol. The van der Waals surface area contributed by atoms with Crippen LogP contribution in [0.2, 0.25) is 0 Å². The van der Waals surface area contributed by atoms with Gasteiger partial charge >= 0.3 is 0 Å². The third-order valence-corrected chi connectivity index (χ3v) is 5.80. The van der Waals surface area contributed by atoms with E-state index in [1.807, 2.05) is 40.1 Å². The molecule has 1 unspecified atom stereocenters. The fraction of sp³-hybridized carbons (Fsp3) is 0.455. The van der Waals surface area contributed by atoms with Gasteiger partial charge < -0.3 is 20.0 Å². The summed E-state index contributed by atoms with van der Waals surface area (Å²) in [6.07, 6.45) is 3.46. The van der Waals surface area contributed by atoms with E-state index in [0.717, 1.165) is 25.1 Å². The highest BCUT2D eigenvalue weighted by Gasteiger charge is 2.36. The van der Waals surface area contributed by atoms with Gasteiger partial charge in [-0.2, -0.15) is 4.98 Å². The van der Waals surface area contributed by atoms with Gasteiger partial charge in [0, 0.05) is 51.5 Å². The van der Waals surface area contributed by atoms with Crippen LogP contribution >= 0.6 is 0 Å². The molecule has 1 aromatic carbocycles. The molecule has 8 nitrogen and oxygen atoms in total. The lowest BCUT2D eigenvalue weighted by Gasteiger charge is -2.37. The fourth-order valence-electron chi connectivity index (χ4n) is 4.06. The first-order chi connectivity index (χ1) is 14.5. The summed E-state index contributed by atoms with van der Waals surface area (Å²) in [5.41, 5.74) is 2.16. The summed E-state index contributed by atoms with van der Waals surface area (Å²) in [4.78, 5) is 39.5. The number of carbonyl (C=O) groups is 2. The molecule has 4 rings (SSSR count). The molecule has 0 aliphatic carbocycles. The number of hydrogen-bond acceptors (Lipinski definition) is 6. The maximum absolute atomic E-state index is 13.2. The molecule has 0 bridgehead atoms. The van der Waals surface area contributed by atoms with E-state index in [9.17, 15) is 9.59 Å². The zero-order chi connectivity index (χ0) is 21.1. The number of anilines is 3. The SMILES string of the molecule is CC(=O)N1CCN(C(=O)C2CCCN2c2nccc(Nc3ccc(C)cc3)n2)CC1. The molecular weight excluding hydrogens is 380 g/mol. The molecule has 1 aromatic heterocycles. The van der Waals surface area contributed by atoms with E-state index >= 15 is 0 Å². The van der Waals surface area contributed by atoms with E-state index in [-0.39, 0.29) is 17.9 Å². The predicted octanol–water partition coefficient (Wildman–Crippen LogP) is 2.19. The van der Waals surface area contributed by atoms with E-state index in [2.05, 4.69) is 22.2 Å². The van der Waals surface area contributed by atoms with Gasteiger partial charge in [0.2, 0.25) is 17.8 Å². The van der Waals surface area contributed by atoms with Crippen LogP contribution in [-0.2, 0) is 9.59 Å². The van der Waals surface area contributed by atoms with Crippen molar-refractivity contribution in [3.8, 4) is 0 Å². The van der Waals surface area contributed by atoms with E-state index in [1.165, 1.54) is 5.56 Å². The van der Waals surface area contributed by atoms with Gasteiger partial charge in [-0.05, 0) is 38.0 Å². The fourth-order valence-corrected chi connectivity index (χ4v) is 4.06. The number of aryl methyl sites for hydroxylation is 1. The van der Waals surface area contributed by atoms with Gasteiger partial charge in [0.15, 0.2) is 0 Å². The van der Waals surface area contributed by atoms with Crippen molar-refractivity contribution >= 4 is 29.3 Å². The summed E-state index contributed by atoms with van der Waals surface area (Å²) in [5.74, 6) is 1.45. The summed E-state index contributed by atoms with van der Waals surface area (Å²) in [5, 5.41) is 3.31. The van der Waals surface area contributed by atoms with Crippen LogP contribution in [0, 0.1) is 6.92 Å². The largest absolute Gasteiger partial charge is 0.340 e. The number of benzene rings is 1. The van der Waals surface area contributed by atoms with Crippen LogP contribution in [0.3, 0.4) is 0 Å². The van der Waals surface area contributed by atoms with Crippen molar-refractivity contribution < 1.29 is 9.59 Å². The van der Waals surface area contributed by atoms with Crippen LogP contribution in [0.25, 0.3) is 0 Å². The van der Waals surface area contributed by atoms with Crippen LogP contribution < -0.4 is 10.2 Å². The van der Waals surface area contributed by atoms with Crippen LogP contribution in [0.5, 0.6) is 0 Å². The number of piperazine rings is 1. The number of rotatable bonds is 4. The summed E-state index contributed by atoms with van der Waals surface area (Å²) in [6.45, 7) is 6.75. The molecule has 30 heavy (non-hydrogen) atoms. The Hall–Kier alpha value is -3.16. The molecule has 1 atom stereocenters. The van der Waals surface area contributed by atoms with Crippen molar-refractivity contribution in [2.75, 3.05) is 42.9 Å². The Morgan fingerprint density at radius 3 is 2.40 bits per heavy atom. The number of carbonyl (C=O) groups excluding carboxylic acids is 2. The second-order valence-corrected chi connectivity index (χ2v) is 7.92. The zero-order valence-electron chi connectivity index (χ0n) is 17.5. The van der Waals surface area contributed by atoms with Gasteiger partial charge in [0.1, 0.15) is 11.9 Å². The Morgan fingerprint density at radius 1 is 1.00 bits per heavy atom. The number of amides is 2. The summed E-state index contributed by atoms with van der Waals surface area (Å²) >= 11 is 0. The van der Waals surface area contributed by atoms with E-state index < -0.39 is 0 Å². The number of nitrogens with one attached hydrogen (secondary N) is 1. The minimum absolute atomic E-state index is 0.0656. The van der Waals surface area contributed by atoms with Gasteiger partial charge in [0.25, 0.3) is 0 Å². The highest BCUT2D eigenvalue weighted by Crippen LogP contribution is 2.26. The maximum Gasteiger partial charge on any atom is 0.245 e. The molecule has 1 N–H and O–H groups in total. The maximum atomic E-state index is 13.2. The van der Waals surface area contributed by atoms with E-state index in [4.69, 9.17) is 0 Å².